The number of nitrogens with zero attached hydrogens (tertiary/aromatic N) is 2. The van der Waals surface area contributed by atoms with Crippen LogP contribution in [-0.4, -0.2) is 54.5 Å². The van der Waals surface area contributed by atoms with Gasteiger partial charge in [0.05, 0.1) is 5.41 Å². The molecular formula is C13H27N3O. The summed E-state index contributed by atoms with van der Waals surface area (Å²) in [7, 11) is 0. The predicted octanol–water partition coefficient (Wildman–Crippen LogP) is 0.914. The Kier molecular flexibility index (Phi) is 4.95. The molecule has 0 bridgehead atoms. The minimum absolute atomic E-state index is 0.227. The summed E-state index contributed by atoms with van der Waals surface area (Å²) in [5, 5.41) is 0. The molecule has 0 aromatic carbocycles. The number of likely N-dealkylation sites (N-methyl/N-ethyl adjacent to an activating group) is 1. The van der Waals surface area contributed by atoms with Crippen LogP contribution < -0.4 is 5.73 Å². The van der Waals surface area contributed by atoms with Crippen molar-refractivity contribution in [2.75, 3.05) is 32.7 Å². The minimum atomic E-state index is -0.381. The van der Waals surface area contributed by atoms with E-state index in [0.29, 0.717) is 12.6 Å². The van der Waals surface area contributed by atoms with Crippen LogP contribution in [0.1, 0.15) is 34.1 Å². The zero-order valence-electron chi connectivity index (χ0n) is 11.7. The Hall–Kier alpha value is -0.610. The Labute approximate surface area is 105 Å². The van der Waals surface area contributed by atoms with E-state index in [9.17, 15) is 4.79 Å². The molecule has 2 unspecified atom stereocenters. The first-order valence-corrected chi connectivity index (χ1v) is 6.72. The fraction of sp³-hybridized carbons (Fsp3) is 0.923. The minimum Gasteiger partial charge on any atom is -0.339 e. The number of carbonyl (C=O) groups is 1. The number of piperazine rings is 1. The topological polar surface area (TPSA) is 49.6 Å². The molecule has 1 amide bonds. The quantitative estimate of drug-likeness (QED) is 0.796. The van der Waals surface area contributed by atoms with Crippen LogP contribution in [0.4, 0.5) is 0 Å². The summed E-state index contributed by atoms with van der Waals surface area (Å²) < 4.78 is 0. The van der Waals surface area contributed by atoms with E-state index in [0.717, 1.165) is 32.6 Å². The van der Waals surface area contributed by atoms with Crippen LogP contribution in [-0.2, 0) is 4.79 Å². The van der Waals surface area contributed by atoms with Crippen LogP contribution in [0, 0.1) is 5.41 Å². The number of amides is 1. The molecule has 4 nitrogen and oxygen atoms in total. The van der Waals surface area contributed by atoms with E-state index in [1.807, 2.05) is 18.7 Å². The standard InChI is InChI=1S/C13H27N3O/c1-5-13(4,10-14)12(17)16-8-7-15(6-2)11(3)9-16/h11H,5-10,14H2,1-4H3. The Morgan fingerprint density at radius 3 is 2.47 bits per heavy atom. The van der Waals surface area contributed by atoms with Crippen LogP contribution >= 0.6 is 0 Å². The van der Waals surface area contributed by atoms with Crippen LogP contribution in [0.2, 0.25) is 0 Å². The second-order valence-electron chi connectivity index (χ2n) is 5.35. The van der Waals surface area contributed by atoms with Gasteiger partial charge in [-0.25, -0.2) is 0 Å². The third-order valence-corrected chi connectivity index (χ3v) is 4.21. The fourth-order valence-corrected chi connectivity index (χ4v) is 2.41. The van der Waals surface area contributed by atoms with Gasteiger partial charge in [-0.3, -0.25) is 9.69 Å². The van der Waals surface area contributed by atoms with Crippen LogP contribution in [0.15, 0.2) is 0 Å². The van der Waals surface area contributed by atoms with Gasteiger partial charge in [-0.05, 0) is 26.8 Å². The lowest BCUT2D eigenvalue weighted by atomic mass is 9.85. The van der Waals surface area contributed by atoms with Crippen molar-refractivity contribution in [1.82, 2.24) is 9.80 Å². The highest BCUT2D eigenvalue weighted by Gasteiger charge is 2.36. The molecule has 4 heteroatoms. The lowest BCUT2D eigenvalue weighted by molar-refractivity contribution is -0.143. The normalized spacial score (nSPS) is 25.7. The number of rotatable bonds is 4. The van der Waals surface area contributed by atoms with Crippen molar-refractivity contribution >= 4 is 5.91 Å². The monoisotopic (exact) mass is 241 g/mol. The molecule has 0 aromatic heterocycles. The first kappa shape index (κ1) is 14.5. The number of hydrogen-bond donors (Lipinski definition) is 1. The molecule has 1 aliphatic rings. The van der Waals surface area contributed by atoms with Crippen molar-refractivity contribution in [2.24, 2.45) is 11.1 Å². The molecule has 0 aliphatic carbocycles. The van der Waals surface area contributed by atoms with E-state index >= 15 is 0 Å². The lowest BCUT2D eigenvalue weighted by Gasteiger charge is -2.42. The molecule has 1 fully saturated rings. The van der Waals surface area contributed by atoms with E-state index in [1.54, 1.807) is 0 Å². The number of carbonyl (C=O) groups excluding carboxylic acids is 1. The molecule has 1 saturated heterocycles. The molecule has 0 saturated carbocycles. The van der Waals surface area contributed by atoms with Gasteiger partial charge < -0.3 is 10.6 Å². The van der Waals surface area contributed by atoms with Crippen molar-refractivity contribution in [3.8, 4) is 0 Å². The van der Waals surface area contributed by atoms with Crippen LogP contribution in [0.3, 0.4) is 0 Å². The van der Waals surface area contributed by atoms with E-state index in [4.69, 9.17) is 5.73 Å². The molecule has 0 spiro atoms. The van der Waals surface area contributed by atoms with Gasteiger partial charge in [0.2, 0.25) is 5.91 Å². The zero-order chi connectivity index (χ0) is 13.1. The van der Waals surface area contributed by atoms with E-state index < -0.39 is 0 Å². The summed E-state index contributed by atoms with van der Waals surface area (Å²) in [5.74, 6) is 0.227. The Morgan fingerprint density at radius 1 is 1.41 bits per heavy atom. The number of hydrogen-bond acceptors (Lipinski definition) is 3. The molecule has 17 heavy (non-hydrogen) atoms. The number of nitrogens with two attached hydrogens (primary N) is 1. The van der Waals surface area contributed by atoms with E-state index in [2.05, 4.69) is 18.7 Å². The highest BCUT2D eigenvalue weighted by Crippen LogP contribution is 2.24. The van der Waals surface area contributed by atoms with Crippen molar-refractivity contribution in [2.45, 2.75) is 40.2 Å². The van der Waals surface area contributed by atoms with Crippen molar-refractivity contribution < 1.29 is 4.79 Å². The summed E-state index contributed by atoms with van der Waals surface area (Å²) in [6, 6.07) is 0.455. The first-order valence-electron chi connectivity index (χ1n) is 6.72. The molecule has 0 aromatic rings. The van der Waals surface area contributed by atoms with E-state index in [1.165, 1.54) is 0 Å². The third kappa shape index (κ3) is 2.99. The largest absolute Gasteiger partial charge is 0.339 e. The summed E-state index contributed by atoms with van der Waals surface area (Å²) in [4.78, 5) is 16.9. The van der Waals surface area contributed by atoms with Crippen LogP contribution in [0.5, 0.6) is 0 Å². The molecule has 0 radical (unpaired) electrons. The van der Waals surface area contributed by atoms with Crippen molar-refractivity contribution in [3.05, 3.63) is 0 Å². The molecule has 1 heterocycles. The first-order chi connectivity index (χ1) is 7.98. The summed E-state index contributed by atoms with van der Waals surface area (Å²) in [5.41, 5.74) is 5.37. The summed E-state index contributed by atoms with van der Waals surface area (Å²) >= 11 is 0. The van der Waals surface area contributed by atoms with Gasteiger partial charge in [0.1, 0.15) is 0 Å². The molecule has 1 rings (SSSR count). The SMILES string of the molecule is CCN1CCN(C(=O)C(C)(CC)CN)CC1C. The average molecular weight is 241 g/mol. The summed E-state index contributed by atoms with van der Waals surface area (Å²) in [6.07, 6.45) is 0.810. The Balaban J connectivity index is 2.66. The van der Waals surface area contributed by atoms with Gasteiger partial charge >= 0.3 is 0 Å². The molecule has 2 N–H and O–H groups in total. The second-order valence-corrected chi connectivity index (χ2v) is 5.35. The predicted molar refractivity (Wildman–Crippen MR) is 70.7 cm³/mol. The maximum Gasteiger partial charge on any atom is 0.229 e. The maximum atomic E-state index is 12.5. The highest BCUT2D eigenvalue weighted by atomic mass is 16.2. The van der Waals surface area contributed by atoms with E-state index in [-0.39, 0.29) is 11.3 Å². The molecular weight excluding hydrogens is 214 g/mol. The van der Waals surface area contributed by atoms with Gasteiger partial charge in [0, 0.05) is 32.2 Å². The molecule has 1 aliphatic heterocycles. The fourth-order valence-electron chi connectivity index (χ4n) is 2.41. The average Bonchev–Trinajstić information content (AvgIpc) is 2.36. The van der Waals surface area contributed by atoms with Gasteiger partial charge in [0.15, 0.2) is 0 Å². The van der Waals surface area contributed by atoms with Gasteiger partial charge in [-0.1, -0.05) is 13.8 Å². The lowest BCUT2D eigenvalue weighted by Crippen LogP contribution is -2.57. The molecule has 2 atom stereocenters. The van der Waals surface area contributed by atoms with Gasteiger partial charge in [-0.2, -0.15) is 0 Å². The van der Waals surface area contributed by atoms with Gasteiger partial charge in [-0.15, -0.1) is 0 Å². The van der Waals surface area contributed by atoms with Crippen LogP contribution in [0.25, 0.3) is 0 Å². The second kappa shape index (κ2) is 5.83. The Morgan fingerprint density at radius 2 is 2.06 bits per heavy atom. The highest BCUT2D eigenvalue weighted by molar-refractivity contribution is 5.82. The summed E-state index contributed by atoms with van der Waals surface area (Å²) in [6.45, 7) is 12.5. The maximum absolute atomic E-state index is 12.5. The molecule has 100 valence electrons. The van der Waals surface area contributed by atoms with Crippen molar-refractivity contribution in [1.29, 1.82) is 0 Å². The Bertz CT molecular complexity index is 263. The zero-order valence-corrected chi connectivity index (χ0v) is 11.7. The van der Waals surface area contributed by atoms with Gasteiger partial charge in [0.25, 0.3) is 0 Å². The van der Waals surface area contributed by atoms with Crippen molar-refractivity contribution in [3.63, 3.8) is 0 Å². The smallest absolute Gasteiger partial charge is 0.229 e. The third-order valence-electron chi connectivity index (χ3n) is 4.21.